The van der Waals surface area contributed by atoms with Crippen molar-refractivity contribution in [2.45, 2.75) is 26.7 Å². The van der Waals surface area contributed by atoms with Crippen LogP contribution in [0, 0.1) is 0 Å². The zero-order chi connectivity index (χ0) is 7.66. The largest absolute Gasteiger partial charge is 0.0914 e. The molecule has 0 unspecified atom stereocenters. The fourth-order valence-electron chi connectivity index (χ4n) is 0.622. The molecule has 0 aromatic carbocycles. The summed E-state index contributed by atoms with van der Waals surface area (Å²) in [6.07, 6.45) is 14.9. The third-order valence-electron chi connectivity index (χ3n) is 1.18. The van der Waals surface area contributed by atoms with Crippen LogP contribution in [0.5, 0.6) is 0 Å². The molecule has 0 heteroatoms. The molecule has 0 aromatic rings. The smallest absolute Gasteiger partial charge is 0.0169 e. The Morgan fingerprint density at radius 1 is 0.700 bits per heavy atom. The van der Waals surface area contributed by atoms with Crippen molar-refractivity contribution in [1.29, 1.82) is 0 Å². The first-order chi connectivity index (χ1) is 4.91. The van der Waals surface area contributed by atoms with Crippen LogP contribution in [-0.2, 0) is 0 Å². The maximum atomic E-state index is 2.18. The van der Waals surface area contributed by atoms with Crippen molar-refractivity contribution >= 4 is 0 Å². The van der Waals surface area contributed by atoms with Gasteiger partial charge in [-0.15, -0.1) is 0 Å². The van der Waals surface area contributed by atoms with Crippen molar-refractivity contribution in [2.24, 2.45) is 0 Å². The topological polar surface area (TPSA) is 0 Å². The SMILES string of the molecule is CC=CCC=CC/C=C\C. The lowest BCUT2D eigenvalue weighted by molar-refractivity contribution is 1.30. The summed E-state index contributed by atoms with van der Waals surface area (Å²) in [5.41, 5.74) is 0. The lowest BCUT2D eigenvalue weighted by Crippen LogP contribution is -1.58. The second-order valence-corrected chi connectivity index (χ2v) is 2.08. The van der Waals surface area contributed by atoms with Gasteiger partial charge in [0.25, 0.3) is 0 Å². The van der Waals surface area contributed by atoms with E-state index in [1.807, 2.05) is 13.8 Å². The molecule has 56 valence electrons. The van der Waals surface area contributed by atoms with Crippen LogP contribution in [-0.4, -0.2) is 0 Å². The van der Waals surface area contributed by atoms with Crippen molar-refractivity contribution in [1.82, 2.24) is 0 Å². The lowest BCUT2D eigenvalue weighted by atomic mass is 10.3. The molecule has 0 atom stereocenters. The number of allylic oxidation sites excluding steroid dienone is 6. The number of hydrogen-bond acceptors (Lipinski definition) is 0. The Morgan fingerprint density at radius 2 is 1.10 bits per heavy atom. The highest BCUT2D eigenvalue weighted by Gasteiger charge is 1.68. The summed E-state index contributed by atoms with van der Waals surface area (Å²) in [6.45, 7) is 4.08. The Hall–Kier alpha value is -0.780. The zero-order valence-corrected chi connectivity index (χ0v) is 6.88. The summed E-state index contributed by atoms with van der Waals surface area (Å²) in [5.74, 6) is 0. The van der Waals surface area contributed by atoms with Gasteiger partial charge in [-0.3, -0.25) is 0 Å². The van der Waals surface area contributed by atoms with Crippen molar-refractivity contribution in [2.75, 3.05) is 0 Å². The Labute approximate surface area is 64.0 Å². The first kappa shape index (κ1) is 9.22. The van der Waals surface area contributed by atoms with Crippen LogP contribution in [0.3, 0.4) is 0 Å². The maximum absolute atomic E-state index is 2.18. The molecule has 0 aliphatic heterocycles. The second-order valence-electron chi connectivity index (χ2n) is 2.08. The van der Waals surface area contributed by atoms with Gasteiger partial charge in [0.15, 0.2) is 0 Å². The van der Waals surface area contributed by atoms with Gasteiger partial charge in [-0.2, -0.15) is 0 Å². The summed E-state index contributed by atoms with van der Waals surface area (Å²) >= 11 is 0. The third kappa shape index (κ3) is 7.22. The quantitative estimate of drug-likeness (QED) is 0.519. The van der Waals surface area contributed by atoms with Crippen LogP contribution in [0.15, 0.2) is 36.5 Å². The minimum atomic E-state index is 1.06. The fraction of sp³-hybridized carbons (Fsp3) is 0.400. The van der Waals surface area contributed by atoms with Crippen molar-refractivity contribution in [3.05, 3.63) is 36.5 Å². The first-order valence-corrected chi connectivity index (χ1v) is 3.79. The monoisotopic (exact) mass is 136 g/mol. The van der Waals surface area contributed by atoms with Crippen LogP contribution >= 0.6 is 0 Å². The van der Waals surface area contributed by atoms with Gasteiger partial charge in [0, 0.05) is 0 Å². The van der Waals surface area contributed by atoms with Gasteiger partial charge >= 0.3 is 0 Å². The molecule has 0 aliphatic rings. The summed E-state index contributed by atoms with van der Waals surface area (Å²) in [6, 6.07) is 0. The zero-order valence-electron chi connectivity index (χ0n) is 6.88. The molecular weight excluding hydrogens is 120 g/mol. The Bertz CT molecular complexity index is 111. The summed E-state index contributed by atoms with van der Waals surface area (Å²) in [7, 11) is 0. The van der Waals surface area contributed by atoms with Crippen LogP contribution in [0.2, 0.25) is 0 Å². The molecule has 0 saturated carbocycles. The molecule has 0 saturated heterocycles. The summed E-state index contributed by atoms with van der Waals surface area (Å²) < 4.78 is 0. The highest BCUT2D eigenvalue weighted by atomic mass is 13.8. The molecular formula is C10H16. The summed E-state index contributed by atoms with van der Waals surface area (Å²) in [4.78, 5) is 0. The van der Waals surface area contributed by atoms with Gasteiger partial charge in [-0.05, 0) is 26.7 Å². The van der Waals surface area contributed by atoms with E-state index >= 15 is 0 Å². The van der Waals surface area contributed by atoms with Crippen LogP contribution in [0.25, 0.3) is 0 Å². The van der Waals surface area contributed by atoms with E-state index in [1.54, 1.807) is 0 Å². The van der Waals surface area contributed by atoms with Crippen molar-refractivity contribution < 1.29 is 0 Å². The molecule has 0 aliphatic carbocycles. The van der Waals surface area contributed by atoms with E-state index in [4.69, 9.17) is 0 Å². The van der Waals surface area contributed by atoms with Gasteiger partial charge in [-0.1, -0.05) is 36.5 Å². The molecule has 0 N–H and O–H groups in total. The van der Waals surface area contributed by atoms with E-state index in [2.05, 4.69) is 36.5 Å². The minimum Gasteiger partial charge on any atom is -0.0914 e. The third-order valence-corrected chi connectivity index (χ3v) is 1.18. The Morgan fingerprint density at radius 3 is 1.40 bits per heavy atom. The molecule has 0 amide bonds. The van der Waals surface area contributed by atoms with Crippen molar-refractivity contribution in [3.8, 4) is 0 Å². The molecule has 0 fully saturated rings. The van der Waals surface area contributed by atoms with Gasteiger partial charge in [0.2, 0.25) is 0 Å². The molecule has 0 radical (unpaired) electrons. The molecule has 0 aromatic heterocycles. The van der Waals surface area contributed by atoms with Crippen LogP contribution in [0.4, 0.5) is 0 Å². The molecule has 10 heavy (non-hydrogen) atoms. The van der Waals surface area contributed by atoms with Crippen LogP contribution < -0.4 is 0 Å². The van der Waals surface area contributed by atoms with E-state index < -0.39 is 0 Å². The molecule has 0 spiro atoms. The predicted molar refractivity (Wildman–Crippen MR) is 48.0 cm³/mol. The average Bonchev–Trinajstić information content (AvgIpc) is 1.97. The number of hydrogen-bond donors (Lipinski definition) is 0. The van der Waals surface area contributed by atoms with Gasteiger partial charge in [0.1, 0.15) is 0 Å². The van der Waals surface area contributed by atoms with Gasteiger partial charge in [-0.25, -0.2) is 0 Å². The highest BCUT2D eigenvalue weighted by Crippen LogP contribution is 1.89. The Kier molecular flexibility index (Phi) is 7.58. The van der Waals surface area contributed by atoms with E-state index in [9.17, 15) is 0 Å². The predicted octanol–water partition coefficient (Wildman–Crippen LogP) is 3.48. The van der Waals surface area contributed by atoms with Crippen LogP contribution in [0.1, 0.15) is 26.7 Å². The van der Waals surface area contributed by atoms with E-state index in [0.717, 1.165) is 12.8 Å². The van der Waals surface area contributed by atoms with E-state index in [1.165, 1.54) is 0 Å². The minimum absolute atomic E-state index is 1.06. The average molecular weight is 136 g/mol. The second kappa shape index (κ2) is 8.22. The molecule has 0 nitrogen and oxygen atoms in total. The fourth-order valence-corrected chi connectivity index (χ4v) is 0.622. The summed E-state index contributed by atoms with van der Waals surface area (Å²) in [5, 5.41) is 0. The van der Waals surface area contributed by atoms with E-state index in [-0.39, 0.29) is 0 Å². The molecule has 0 heterocycles. The van der Waals surface area contributed by atoms with Gasteiger partial charge < -0.3 is 0 Å². The standard InChI is InChI=1S/C10H16/c1-3-5-7-9-10-8-6-4-2/h3-6,9-10H,7-8H2,1-2H3/b5-3-,6-4?,10-9?. The highest BCUT2D eigenvalue weighted by molar-refractivity contribution is 4.95. The molecule has 0 rings (SSSR count). The number of rotatable bonds is 4. The Balaban J connectivity index is 3.20. The van der Waals surface area contributed by atoms with E-state index in [0.29, 0.717) is 0 Å². The first-order valence-electron chi connectivity index (χ1n) is 3.79. The normalized spacial score (nSPS) is 12.6. The molecule has 0 bridgehead atoms. The lowest BCUT2D eigenvalue weighted by Gasteiger charge is -1.80. The maximum Gasteiger partial charge on any atom is -0.0169 e. The van der Waals surface area contributed by atoms with Gasteiger partial charge in [0.05, 0.1) is 0 Å². The van der Waals surface area contributed by atoms with Crippen molar-refractivity contribution in [3.63, 3.8) is 0 Å².